The molecule has 2 aliphatic rings. The molecule has 6 aromatic carbocycles. The third-order valence-electron chi connectivity index (χ3n) is 23.4. The summed E-state index contributed by atoms with van der Waals surface area (Å²) in [5.41, 5.74) is 7.76. The van der Waals surface area contributed by atoms with Crippen molar-refractivity contribution in [3.05, 3.63) is 197 Å². The fourth-order valence-corrected chi connectivity index (χ4v) is 16.6. The number of hydrogen-bond acceptors (Lipinski definition) is 19. The van der Waals surface area contributed by atoms with Gasteiger partial charge in [0.1, 0.15) is 90.0 Å². The van der Waals surface area contributed by atoms with E-state index < -0.39 is 233 Å². The van der Waals surface area contributed by atoms with Crippen molar-refractivity contribution in [3.63, 3.8) is 0 Å². The number of amides is 15. The number of phenols is 2. The number of unbranched alkanes of at least 4 members (excludes halogenated alkanes) is 1. The number of nitrogens with zero attached hydrogens (tertiary/aromatic N) is 5. The fourth-order valence-electron chi connectivity index (χ4n) is 15.8. The second kappa shape index (κ2) is 47.3. The topological polar surface area (TPSA) is 500 Å². The van der Waals surface area contributed by atoms with E-state index in [0.29, 0.717) is 69.0 Å². The van der Waals surface area contributed by atoms with E-state index in [1.807, 2.05) is 0 Å². The Morgan fingerprint density at radius 1 is 0.519 bits per heavy atom. The highest BCUT2D eigenvalue weighted by molar-refractivity contribution is 8.00. The van der Waals surface area contributed by atoms with Gasteiger partial charge in [0.05, 0.1) is 24.4 Å². The number of phenolic OH excluding ortho intramolecular Hbond substituents is 2. The SMILES string of the molecule is CCCC[C@H]1C(=O)N(C)[C@H](C)C(=O)N[C@@H](CC(=O)O)C(=O)N[C@@H](C(C)C)C(=O)N(C)C(Cc2ccccc2)C(=O)N[C@H]2Cc3ccc(O)cc3N(C2=O)[C@H](C)C(=O)N[C@@H](Cc2c[nH]c3ccccc23)C(=O)N[C@@H](Cc2ccc(O)cc2)C(=O)N[C@@H](CC(C)C)C(=O)N[C@H](C(=O)NCC(N)=O)CSCC(=O)N[C@@H](Cc2cc(F)c(F)c(F)c2)C(=O)N(C)[C@@H](Cc2ccccc2)C(=O)N1C. The summed E-state index contributed by atoms with van der Waals surface area (Å²) in [7, 11) is 4.91. The fraction of sp³-hybridized carbons (Fsp3) is 0.426. The van der Waals surface area contributed by atoms with Gasteiger partial charge in [-0.25, -0.2) is 13.2 Å². The molecule has 15 N–H and O–H groups in total. The number of rotatable bonds is 21. The molecule has 2 bridgehead atoms. The number of likely N-dealkylation sites (N-methyl/N-ethyl adjacent to an activating group) is 4. The van der Waals surface area contributed by atoms with Gasteiger partial charge in [0, 0.05) is 95.6 Å². The maximum atomic E-state index is 15.6. The average Bonchev–Trinajstić information content (AvgIpc) is 1.09. The summed E-state index contributed by atoms with van der Waals surface area (Å²) >= 11 is 0.665. The lowest BCUT2D eigenvalue weighted by Gasteiger charge is -2.39. The van der Waals surface area contributed by atoms with Crippen LogP contribution in [0, 0.1) is 29.3 Å². The molecule has 1 aromatic heterocycles. The van der Waals surface area contributed by atoms with Gasteiger partial charge in [-0.15, -0.1) is 11.8 Å². The Labute approximate surface area is 771 Å². The van der Waals surface area contributed by atoms with E-state index in [1.165, 1.54) is 98.4 Å². The normalized spacial score (nSPS) is 23.0. The number of anilines is 1. The van der Waals surface area contributed by atoms with Crippen LogP contribution in [-0.2, 0) is 115 Å². The van der Waals surface area contributed by atoms with E-state index in [2.05, 4.69) is 52.8 Å². The van der Waals surface area contributed by atoms with E-state index in [0.717, 1.165) is 24.5 Å². The minimum Gasteiger partial charge on any atom is -0.508 e. The highest BCUT2D eigenvalue weighted by Crippen LogP contribution is 2.34. The van der Waals surface area contributed by atoms with E-state index >= 15 is 56.7 Å². The van der Waals surface area contributed by atoms with Gasteiger partial charge < -0.3 is 93.5 Å². The van der Waals surface area contributed by atoms with Gasteiger partial charge in [0.15, 0.2) is 17.5 Å². The minimum atomic E-state index is -1.98. The van der Waals surface area contributed by atoms with Gasteiger partial charge in [0.25, 0.3) is 5.91 Å². The van der Waals surface area contributed by atoms with Crippen LogP contribution in [0.1, 0.15) is 114 Å². The van der Waals surface area contributed by atoms with Crippen LogP contribution in [0.3, 0.4) is 0 Å². The molecule has 133 heavy (non-hydrogen) atoms. The molecule has 0 aliphatic carbocycles. The van der Waals surface area contributed by atoms with Crippen LogP contribution >= 0.6 is 11.8 Å². The molecule has 13 atom stereocenters. The lowest BCUT2D eigenvalue weighted by Crippen LogP contribution is -2.63. The van der Waals surface area contributed by atoms with Gasteiger partial charge in [-0.1, -0.05) is 145 Å². The molecule has 39 heteroatoms. The van der Waals surface area contributed by atoms with Crippen molar-refractivity contribution in [1.82, 2.24) is 72.4 Å². The maximum Gasteiger partial charge on any atom is 0.305 e. The van der Waals surface area contributed by atoms with Gasteiger partial charge >= 0.3 is 5.97 Å². The number of carboxylic acid groups (broad SMARTS) is 1. The van der Waals surface area contributed by atoms with Crippen molar-refractivity contribution in [1.29, 1.82) is 0 Å². The lowest BCUT2D eigenvalue weighted by molar-refractivity contribution is -0.152. The first-order chi connectivity index (χ1) is 63.0. The molecular weight excluding hydrogens is 1750 g/mol. The van der Waals surface area contributed by atoms with Crippen molar-refractivity contribution in [2.24, 2.45) is 17.6 Å². The number of primary amides is 1. The van der Waals surface area contributed by atoms with E-state index in [1.54, 1.807) is 112 Å². The van der Waals surface area contributed by atoms with Crippen molar-refractivity contribution >= 4 is 123 Å². The molecule has 35 nitrogen and oxygen atoms in total. The van der Waals surface area contributed by atoms with Crippen LogP contribution < -0.4 is 58.5 Å². The van der Waals surface area contributed by atoms with Crippen LogP contribution in [0.25, 0.3) is 10.9 Å². The Balaban J connectivity index is 1.14. The third kappa shape index (κ3) is 27.6. The molecule has 1 saturated heterocycles. The molecule has 7 aromatic rings. The summed E-state index contributed by atoms with van der Waals surface area (Å²) in [5.74, 6) is -25.0. The van der Waals surface area contributed by atoms with Crippen molar-refractivity contribution in [2.45, 2.75) is 198 Å². The molecule has 0 saturated carbocycles. The molecule has 1 fully saturated rings. The van der Waals surface area contributed by atoms with Crippen LogP contribution in [0.5, 0.6) is 11.5 Å². The summed E-state index contributed by atoms with van der Waals surface area (Å²) < 4.78 is 45.0. The predicted molar refractivity (Wildman–Crippen MR) is 486 cm³/mol. The molecule has 712 valence electrons. The van der Waals surface area contributed by atoms with Crippen LogP contribution in [0.15, 0.2) is 146 Å². The van der Waals surface area contributed by atoms with Crippen molar-refractivity contribution in [3.8, 4) is 11.5 Å². The number of aromatic hydroxyl groups is 2. The van der Waals surface area contributed by atoms with E-state index in [9.17, 15) is 48.5 Å². The van der Waals surface area contributed by atoms with E-state index in [-0.39, 0.29) is 74.1 Å². The van der Waals surface area contributed by atoms with Crippen molar-refractivity contribution < 1.29 is 105 Å². The highest BCUT2D eigenvalue weighted by Gasteiger charge is 2.46. The zero-order chi connectivity index (χ0) is 97.5. The predicted octanol–water partition coefficient (Wildman–Crippen LogP) is 3.41. The molecule has 9 rings (SSSR count). The molecule has 0 spiro atoms. The first kappa shape index (κ1) is 103. The zero-order valence-electron chi connectivity index (χ0n) is 75.6. The average molecular weight is 1860 g/mol. The zero-order valence-corrected chi connectivity index (χ0v) is 76.5. The number of H-pyrrole nitrogens is 1. The summed E-state index contributed by atoms with van der Waals surface area (Å²) in [5, 5.41) is 55.9. The second-order valence-corrected chi connectivity index (χ2v) is 35.1. The third-order valence-corrected chi connectivity index (χ3v) is 24.4. The minimum absolute atomic E-state index is 0.00858. The monoisotopic (exact) mass is 1860 g/mol. The lowest BCUT2D eigenvalue weighted by atomic mass is 9.94. The number of benzene rings is 6. The van der Waals surface area contributed by atoms with Crippen LogP contribution in [0.2, 0.25) is 0 Å². The van der Waals surface area contributed by atoms with Crippen LogP contribution in [0.4, 0.5) is 18.9 Å². The number of aromatic amines is 1. The van der Waals surface area contributed by atoms with Crippen molar-refractivity contribution in [2.75, 3.05) is 51.1 Å². The number of nitrogens with one attached hydrogen (secondary N) is 10. The Morgan fingerprint density at radius 2 is 1.05 bits per heavy atom. The molecule has 3 heterocycles. The molecule has 2 aliphatic heterocycles. The van der Waals surface area contributed by atoms with E-state index in [4.69, 9.17) is 5.73 Å². The van der Waals surface area contributed by atoms with Gasteiger partial charge in [0.2, 0.25) is 82.7 Å². The van der Waals surface area contributed by atoms with Crippen LogP contribution in [-0.4, -0.2) is 259 Å². The van der Waals surface area contributed by atoms with Gasteiger partial charge in [-0.2, -0.15) is 0 Å². The number of fused-ring (bicyclic) bond motifs is 5. The molecule has 15 amide bonds. The number of hydrogen-bond donors (Lipinski definition) is 14. The summed E-state index contributed by atoms with van der Waals surface area (Å²) in [6.45, 7) is 10.0. The number of halogens is 3. The first-order valence-electron chi connectivity index (χ1n) is 43.6. The Bertz CT molecular complexity index is 5400. The quantitative estimate of drug-likeness (QED) is 0.0458. The largest absolute Gasteiger partial charge is 0.508 e. The molecule has 1 unspecified atom stereocenters. The maximum absolute atomic E-state index is 15.6. The first-order valence-corrected chi connectivity index (χ1v) is 44.7. The second-order valence-electron chi connectivity index (χ2n) is 34.1. The summed E-state index contributed by atoms with van der Waals surface area (Å²) in [4.78, 5) is 245. The number of aliphatic carboxylic acids is 1. The number of carbonyl (C=O) groups is 16. The Hall–Kier alpha value is -13.9. The number of carboxylic acids is 1. The van der Waals surface area contributed by atoms with Gasteiger partial charge in [-0.05, 0) is 108 Å². The number of aromatic nitrogens is 1. The molecule has 0 radical (unpaired) electrons. The smallest absolute Gasteiger partial charge is 0.305 e. The number of nitrogens with two attached hydrogens (primary N) is 1. The number of para-hydroxylation sites is 1. The Morgan fingerprint density at radius 3 is 1.65 bits per heavy atom. The summed E-state index contributed by atoms with van der Waals surface area (Å²) in [6.07, 6.45) is -1.30. The standard InChI is InChI=1S/C94H115F3N16O19S/c1-12-13-28-73-92(130)109(8)52(6)82(120)103-69(45-79(118)119)88(126)108-81(51(4)5)94(132)111(10)75(40-54-22-16-14-17-23-54)89(127)106-71-42-58-31-34-61(115)44-74(58)113(91(71)129)53(7)83(121)102-68(43-59-46-99-65-27-21-20-26-62(59)65)87(125)105-67(38-56-29-32-60(114)33-30-56)86(124)104-66(35-50(2)3)85(123)107-72(84(122)100-47-77(98)116)48-133-49-78(117)101-70(39-57-36-63(95)80(97)64(96)37-57)90(128)112(11)76(93(131)110(73)9)41-55-24-18-15-19-25-55/h14-27,29-34,36-37,44,46,50-53,66-73,75-76,81,99,114-115H,12-13,28,35,38-43,45,47-49H2,1-11H3,(H2,98,116)(H,100,122)(H,101,117)(H,102,121)(H,103,120)(H,104,124)(H,105,125)(H,106,127)(H,107,123)(H,108,126)(H,118,119)/t52-,53-,66+,67+,68+,69+,70+,71+,72+,73+,75?,76+,81+/m1/s1. The number of thioether (sulfide) groups is 1. The summed E-state index contributed by atoms with van der Waals surface area (Å²) in [6, 6.07) is 12.7. The van der Waals surface area contributed by atoms with Gasteiger partial charge in [-0.3, -0.25) is 81.6 Å². The highest BCUT2D eigenvalue weighted by atomic mass is 32.2. The molecular formula is C94H115F3N16O19S. The Kier molecular flexibility index (Phi) is 36.6. The number of carbonyl (C=O) groups excluding carboxylic acids is 15.